The standard InChI is InChI=1S/C22H27ClN2O2/c1-15(2)24-22(27)17(4)25(14-19-7-5-16(3)6-8-19)21(26)13-18-9-11-20(23)12-10-18/h5-12,15,17H,13-14H2,1-4H3,(H,24,27)/t17-/m0/s1. The van der Waals surface area contributed by atoms with Gasteiger partial charge >= 0.3 is 0 Å². The van der Waals surface area contributed by atoms with Gasteiger partial charge in [0.1, 0.15) is 6.04 Å². The minimum atomic E-state index is -0.562. The normalized spacial score (nSPS) is 11.9. The van der Waals surface area contributed by atoms with E-state index in [0.29, 0.717) is 11.6 Å². The Labute approximate surface area is 166 Å². The molecule has 0 aliphatic heterocycles. The summed E-state index contributed by atoms with van der Waals surface area (Å²) in [6.45, 7) is 7.99. The van der Waals surface area contributed by atoms with E-state index in [1.165, 1.54) is 0 Å². The number of aryl methyl sites for hydroxylation is 1. The number of amides is 2. The zero-order valence-electron chi connectivity index (χ0n) is 16.3. The van der Waals surface area contributed by atoms with E-state index >= 15 is 0 Å². The topological polar surface area (TPSA) is 49.4 Å². The predicted octanol–water partition coefficient (Wildman–Crippen LogP) is 4.13. The van der Waals surface area contributed by atoms with Crippen LogP contribution in [0.4, 0.5) is 0 Å². The molecule has 4 nitrogen and oxygen atoms in total. The molecular weight excluding hydrogens is 360 g/mol. The van der Waals surface area contributed by atoms with Gasteiger partial charge in [-0.25, -0.2) is 0 Å². The van der Waals surface area contributed by atoms with Gasteiger partial charge in [0.2, 0.25) is 11.8 Å². The van der Waals surface area contributed by atoms with Crippen LogP contribution >= 0.6 is 11.6 Å². The molecular formula is C22H27ClN2O2. The summed E-state index contributed by atoms with van der Waals surface area (Å²) in [5, 5.41) is 3.53. The second-order valence-corrected chi connectivity index (χ2v) is 7.59. The molecule has 0 unspecified atom stereocenters. The first-order valence-corrected chi connectivity index (χ1v) is 9.54. The number of halogens is 1. The first kappa shape index (κ1) is 21.0. The third-order valence-electron chi connectivity index (χ3n) is 4.34. The summed E-state index contributed by atoms with van der Waals surface area (Å²) in [6, 6.07) is 14.7. The summed E-state index contributed by atoms with van der Waals surface area (Å²) in [4.78, 5) is 27.2. The van der Waals surface area contributed by atoms with Crippen molar-refractivity contribution in [3.8, 4) is 0 Å². The van der Waals surface area contributed by atoms with E-state index in [0.717, 1.165) is 16.7 Å². The Morgan fingerprint density at radius 2 is 1.52 bits per heavy atom. The second-order valence-electron chi connectivity index (χ2n) is 7.15. The van der Waals surface area contributed by atoms with Crippen molar-refractivity contribution in [2.24, 2.45) is 0 Å². The SMILES string of the molecule is Cc1ccc(CN(C(=O)Cc2ccc(Cl)cc2)[C@@H](C)C(=O)NC(C)C)cc1. The molecule has 2 aromatic carbocycles. The molecule has 1 atom stereocenters. The summed E-state index contributed by atoms with van der Waals surface area (Å²) in [6.07, 6.45) is 0.225. The highest BCUT2D eigenvalue weighted by Gasteiger charge is 2.26. The van der Waals surface area contributed by atoms with Crippen LogP contribution in [0.5, 0.6) is 0 Å². The molecule has 1 N–H and O–H groups in total. The largest absolute Gasteiger partial charge is 0.352 e. The molecule has 0 bridgehead atoms. The first-order chi connectivity index (χ1) is 12.8. The van der Waals surface area contributed by atoms with E-state index in [1.807, 2.05) is 57.2 Å². The number of hydrogen-bond acceptors (Lipinski definition) is 2. The average molecular weight is 387 g/mol. The molecule has 0 aliphatic carbocycles. The Morgan fingerprint density at radius 3 is 2.07 bits per heavy atom. The highest BCUT2D eigenvalue weighted by Crippen LogP contribution is 2.15. The van der Waals surface area contributed by atoms with Crippen molar-refractivity contribution >= 4 is 23.4 Å². The van der Waals surface area contributed by atoms with Crippen molar-refractivity contribution in [2.75, 3.05) is 0 Å². The number of hydrogen-bond donors (Lipinski definition) is 1. The number of rotatable bonds is 7. The highest BCUT2D eigenvalue weighted by molar-refractivity contribution is 6.30. The van der Waals surface area contributed by atoms with Gasteiger partial charge in [-0.3, -0.25) is 9.59 Å². The van der Waals surface area contributed by atoms with Crippen LogP contribution < -0.4 is 5.32 Å². The van der Waals surface area contributed by atoms with Gasteiger partial charge in [-0.15, -0.1) is 0 Å². The quantitative estimate of drug-likeness (QED) is 0.777. The van der Waals surface area contributed by atoms with E-state index < -0.39 is 6.04 Å². The Morgan fingerprint density at radius 1 is 0.963 bits per heavy atom. The van der Waals surface area contributed by atoms with Gasteiger partial charge < -0.3 is 10.2 Å². The number of carbonyl (C=O) groups excluding carboxylic acids is 2. The van der Waals surface area contributed by atoms with Crippen LogP contribution in [0.3, 0.4) is 0 Å². The summed E-state index contributed by atoms with van der Waals surface area (Å²) in [5.74, 6) is -0.245. The molecule has 0 radical (unpaired) electrons. The lowest BCUT2D eigenvalue weighted by molar-refractivity contribution is -0.140. The molecule has 144 valence electrons. The molecule has 5 heteroatoms. The van der Waals surface area contributed by atoms with Gasteiger partial charge in [0, 0.05) is 17.6 Å². The maximum absolute atomic E-state index is 13.0. The van der Waals surface area contributed by atoms with Crippen molar-refractivity contribution in [1.29, 1.82) is 0 Å². The van der Waals surface area contributed by atoms with Crippen LogP contribution in [0.1, 0.15) is 37.5 Å². The Hall–Kier alpha value is -2.33. The smallest absolute Gasteiger partial charge is 0.242 e. The summed E-state index contributed by atoms with van der Waals surface area (Å²) in [5.41, 5.74) is 3.02. The van der Waals surface area contributed by atoms with Crippen LogP contribution in [0, 0.1) is 6.92 Å². The van der Waals surface area contributed by atoms with E-state index in [-0.39, 0.29) is 24.3 Å². The second kappa shape index (κ2) is 9.56. The lowest BCUT2D eigenvalue weighted by atomic mass is 10.1. The third-order valence-corrected chi connectivity index (χ3v) is 4.59. The van der Waals surface area contributed by atoms with Crippen LogP contribution in [0.2, 0.25) is 5.02 Å². The minimum absolute atomic E-state index is 0.0209. The molecule has 0 heterocycles. The van der Waals surface area contributed by atoms with Gasteiger partial charge in [-0.05, 0) is 51.0 Å². The fraction of sp³-hybridized carbons (Fsp3) is 0.364. The maximum Gasteiger partial charge on any atom is 0.242 e. The molecule has 0 fully saturated rings. The van der Waals surface area contributed by atoms with E-state index in [1.54, 1.807) is 24.0 Å². The Bertz CT molecular complexity index is 770. The number of carbonyl (C=O) groups is 2. The van der Waals surface area contributed by atoms with Crippen molar-refractivity contribution in [3.63, 3.8) is 0 Å². The molecule has 2 amide bonds. The van der Waals surface area contributed by atoms with Gasteiger partial charge in [-0.2, -0.15) is 0 Å². The zero-order valence-corrected chi connectivity index (χ0v) is 17.1. The van der Waals surface area contributed by atoms with Crippen molar-refractivity contribution in [2.45, 2.75) is 52.7 Å². The first-order valence-electron chi connectivity index (χ1n) is 9.16. The molecule has 27 heavy (non-hydrogen) atoms. The van der Waals surface area contributed by atoms with Crippen molar-refractivity contribution in [3.05, 3.63) is 70.2 Å². The van der Waals surface area contributed by atoms with Gasteiger partial charge in [0.05, 0.1) is 6.42 Å². The Kier molecular flexibility index (Phi) is 7.43. The lowest BCUT2D eigenvalue weighted by Crippen LogP contribution is -2.49. The zero-order chi connectivity index (χ0) is 20.0. The van der Waals surface area contributed by atoms with Crippen LogP contribution in [0.25, 0.3) is 0 Å². The summed E-state index contributed by atoms with van der Waals surface area (Å²) >= 11 is 5.92. The fourth-order valence-electron chi connectivity index (χ4n) is 2.76. The van der Waals surface area contributed by atoms with E-state index in [2.05, 4.69) is 5.32 Å². The predicted molar refractivity (Wildman–Crippen MR) is 110 cm³/mol. The molecule has 0 aliphatic rings. The molecule has 2 rings (SSSR count). The third kappa shape index (κ3) is 6.40. The fourth-order valence-corrected chi connectivity index (χ4v) is 2.88. The maximum atomic E-state index is 13.0. The monoisotopic (exact) mass is 386 g/mol. The van der Waals surface area contributed by atoms with Gasteiger partial charge in [0.25, 0.3) is 0 Å². The number of nitrogens with zero attached hydrogens (tertiary/aromatic N) is 1. The van der Waals surface area contributed by atoms with E-state index in [9.17, 15) is 9.59 Å². The molecule has 0 saturated carbocycles. The van der Waals surface area contributed by atoms with Gasteiger partial charge in [0.15, 0.2) is 0 Å². The minimum Gasteiger partial charge on any atom is -0.352 e. The number of benzene rings is 2. The summed E-state index contributed by atoms with van der Waals surface area (Å²) < 4.78 is 0. The Balaban J connectivity index is 2.21. The van der Waals surface area contributed by atoms with Gasteiger partial charge in [-0.1, -0.05) is 53.6 Å². The molecule has 0 spiro atoms. The highest BCUT2D eigenvalue weighted by atomic mass is 35.5. The molecule has 2 aromatic rings. The number of nitrogens with one attached hydrogen (secondary N) is 1. The average Bonchev–Trinajstić information content (AvgIpc) is 2.62. The lowest BCUT2D eigenvalue weighted by Gasteiger charge is -2.29. The van der Waals surface area contributed by atoms with E-state index in [4.69, 9.17) is 11.6 Å². The summed E-state index contributed by atoms with van der Waals surface area (Å²) in [7, 11) is 0. The molecule has 0 aromatic heterocycles. The molecule has 0 saturated heterocycles. The van der Waals surface area contributed by atoms with Crippen molar-refractivity contribution in [1.82, 2.24) is 10.2 Å². The van der Waals surface area contributed by atoms with Crippen LogP contribution in [-0.2, 0) is 22.6 Å². The van der Waals surface area contributed by atoms with Crippen LogP contribution in [0.15, 0.2) is 48.5 Å². The van der Waals surface area contributed by atoms with Crippen LogP contribution in [-0.4, -0.2) is 28.8 Å². The van der Waals surface area contributed by atoms with Crippen molar-refractivity contribution < 1.29 is 9.59 Å².